The first-order valence-corrected chi connectivity index (χ1v) is 9.27. The monoisotopic (exact) mass is 407 g/mol. The fourth-order valence-electron chi connectivity index (χ4n) is 2.72. The van der Waals surface area contributed by atoms with Crippen molar-refractivity contribution < 1.29 is 23.7 Å². The minimum Gasteiger partial charge on any atom is -0.493 e. The van der Waals surface area contributed by atoms with Gasteiger partial charge in [-0.25, -0.2) is 0 Å². The fraction of sp³-hybridized carbons (Fsp3) is 0.381. The molecule has 0 bridgehead atoms. The smallest absolute Gasteiger partial charge is 0.226 e. The molecule has 0 heterocycles. The molecule has 0 aliphatic heterocycles. The van der Waals surface area contributed by atoms with Crippen LogP contribution in [-0.4, -0.2) is 52.3 Å². The molecule has 0 N–H and O–H groups in total. The van der Waals surface area contributed by atoms with E-state index < -0.39 is 0 Å². The molecule has 6 nitrogen and oxygen atoms in total. The zero-order chi connectivity index (χ0) is 20.5. The van der Waals surface area contributed by atoms with Gasteiger partial charge in [0, 0.05) is 18.6 Å². The second-order valence-corrected chi connectivity index (χ2v) is 6.62. The van der Waals surface area contributed by atoms with Crippen LogP contribution in [0, 0.1) is 0 Å². The summed E-state index contributed by atoms with van der Waals surface area (Å²) in [4.78, 5) is 14.2. The molecule has 0 unspecified atom stereocenters. The van der Waals surface area contributed by atoms with Gasteiger partial charge in [0.05, 0.1) is 34.4 Å². The molecular weight excluding hydrogens is 382 g/mol. The van der Waals surface area contributed by atoms with E-state index in [2.05, 4.69) is 0 Å². The summed E-state index contributed by atoms with van der Waals surface area (Å²) in [5.74, 6) is 2.29. The van der Waals surface area contributed by atoms with Crippen LogP contribution in [-0.2, 0) is 11.2 Å². The number of halogens is 1. The highest BCUT2D eigenvalue weighted by Crippen LogP contribution is 2.38. The molecule has 0 aliphatic rings. The van der Waals surface area contributed by atoms with E-state index in [9.17, 15) is 4.79 Å². The Balaban J connectivity index is 1.88. The Morgan fingerprint density at radius 2 is 1.71 bits per heavy atom. The maximum absolute atomic E-state index is 12.5. The molecule has 2 rings (SSSR count). The van der Waals surface area contributed by atoms with E-state index >= 15 is 0 Å². The van der Waals surface area contributed by atoms with Crippen molar-refractivity contribution in [2.45, 2.75) is 12.8 Å². The summed E-state index contributed by atoms with van der Waals surface area (Å²) in [5, 5.41) is 0.634. The van der Waals surface area contributed by atoms with Crippen molar-refractivity contribution >= 4 is 17.5 Å². The number of hydrogen-bond acceptors (Lipinski definition) is 5. The van der Waals surface area contributed by atoms with Crippen molar-refractivity contribution in [2.75, 3.05) is 41.5 Å². The number of methoxy groups -OCH3 is 3. The molecule has 0 radical (unpaired) electrons. The highest BCUT2D eigenvalue weighted by Gasteiger charge is 2.16. The first-order chi connectivity index (χ1) is 13.5. The van der Waals surface area contributed by atoms with Crippen LogP contribution in [0.4, 0.5) is 0 Å². The minimum absolute atomic E-state index is 0.00275. The second kappa shape index (κ2) is 10.7. The van der Waals surface area contributed by atoms with Gasteiger partial charge in [0.15, 0.2) is 11.5 Å². The molecule has 152 valence electrons. The molecular formula is C21H26ClNO5. The average molecular weight is 408 g/mol. The number of ether oxygens (including phenoxy) is 4. The summed E-state index contributed by atoms with van der Waals surface area (Å²) in [6.45, 7) is 1.09. The van der Waals surface area contributed by atoms with Crippen molar-refractivity contribution in [1.82, 2.24) is 4.90 Å². The van der Waals surface area contributed by atoms with Crippen molar-refractivity contribution in [2.24, 2.45) is 0 Å². The van der Waals surface area contributed by atoms with Crippen LogP contribution in [0.25, 0.3) is 0 Å². The first-order valence-electron chi connectivity index (χ1n) is 8.89. The molecule has 28 heavy (non-hydrogen) atoms. The zero-order valence-corrected chi connectivity index (χ0v) is 17.4. The van der Waals surface area contributed by atoms with Crippen LogP contribution in [0.1, 0.15) is 12.0 Å². The Morgan fingerprint density at radius 3 is 2.29 bits per heavy atom. The van der Waals surface area contributed by atoms with Gasteiger partial charge in [-0.05, 0) is 42.3 Å². The van der Waals surface area contributed by atoms with E-state index in [4.69, 9.17) is 30.5 Å². The molecule has 1 amide bonds. The Kier molecular flexibility index (Phi) is 8.26. The number of benzene rings is 2. The number of hydrogen-bond donors (Lipinski definition) is 0. The van der Waals surface area contributed by atoms with Gasteiger partial charge >= 0.3 is 0 Å². The molecule has 0 aromatic heterocycles. The molecule has 0 saturated carbocycles. The topological polar surface area (TPSA) is 57.2 Å². The number of amides is 1. The number of rotatable bonds is 10. The van der Waals surface area contributed by atoms with Gasteiger partial charge in [0.25, 0.3) is 0 Å². The van der Waals surface area contributed by atoms with Crippen LogP contribution < -0.4 is 18.9 Å². The Bertz CT molecular complexity index is 771. The lowest BCUT2D eigenvalue weighted by atomic mass is 10.1. The molecule has 0 fully saturated rings. The van der Waals surface area contributed by atoms with E-state index in [0.29, 0.717) is 41.8 Å². The lowest BCUT2D eigenvalue weighted by Crippen LogP contribution is -2.30. The van der Waals surface area contributed by atoms with Gasteiger partial charge in [-0.1, -0.05) is 17.7 Å². The SMILES string of the molecule is COc1cc(CC(=O)N(C)CCCOc2cccc(Cl)c2)cc(OC)c1OC. The standard InChI is InChI=1S/C21H26ClNO5/c1-23(9-6-10-28-17-8-5-7-16(22)14-17)20(24)13-15-11-18(25-2)21(27-4)19(12-15)26-3/h5,7-8,11-12,14H,6,9-10,13H2,1-4H3. The highest BCUT2D eigenvalue weighted by atomic mass is 35.5. The van der Waals surface area contributed by atoms with Gasteiger partial charge in [0.1, 0.15) is 5.75 Å². The summed E-state index contributed by atoms with van der Waals surface area (Å²) < 4.78 is 21.6. The third-order valence-electron chi connectivity index (χ3n) is 4.21. The quantitative estimate of drug-likeness (QED) is 0.560. The molecule has 2 aromatic rings. The summed E-state index contributed by atoms with van der Waals surface area (Å²) in [6, 6.07) is 10.8. The molecule has 0 spiro atoms. The molecule has 2 aromatic carbocycles. The average Bonchev–Trinajstić information content (AvgIpc) is 2.70. The summed E-state index contributed by atoms with van der Waals surface area (Å²) in [7, 11) is 6.42. The van der Waals surface area contributed by atoms with Crippen molar-refractivity contribution in [3.05, 3.63) is 47.0 Å². The molecule has 0 atom stereocenters. The van der Waals surface area contributed by atoms with E-state index in [-0.39, 0.29) is 12.3 Å². The number of carbonyl (C=O) groups is 1. The maximum atomic E-state index is 12.5. The number of carbonyl (C=O) groups excluding carboxylic acids is 1. The lowest BCUT2D eigenvalue weighted by molar-refractivity contribution is -0.129. The molecule has 0 aliphatic carbocycles. The zero-order valence-electron chi connectivity index (χ0n) is 16.7. The van der Waals surface area contributed by atoms with Gasteiger partial charge in [-0.3, -0.25) is 4.79 Å². The second-order valence-electron chi connectivity index (χ2n) is 6.19. The minimum atomic E-state index is -0.00275. The van der Waals surface area contributed by atoms with Gasteiger partial charge in [-0.15, -0.1) is 0 Å². The lowest BCUT2D eigenvalue weighted by Gasteiger charge is -2.18. The van der Waals surface area contributed by atoms with Crippen molar-refractivity contribution in [3.63, 3.8) is 0 Å². The predicted octanol–water partition coefficient (Wildman–Crippen LogP) is 3.84. The van der Waals surface area contributed by atoms with Crippen LogP contribution in [0.5, 0.6) is 23.0 Å². The van der Waals surface area contributed by atoms with Gasteiger partial charge in [0.2, 0.25) is 11.7 Å². The Labute approximate surface area is 170 Å². The largest absolute Gasteiger partial charge is 0.493 e. The van der Waals surface area contributed by atoms with E-state index in [0.717, 1.165) is 11.3 Å². The van der Waals surface area contributed by atoms with Gasteiger partial charge < -0.3 is 23.8 Å². The van der Waals surface area contributed by atoms with E-state index in [1.54, 1.807) is 57.5 Å². The molecule has 0 saturated heterocycles. The normalized spacial score (nSPS) is 10.3. The summed E-state index contributed by atoms with van der Waals surface area (Å²) >= 11 is 5.93. The third-order valence-corrected chi connectivity index (χ3v) is 4.44. The van der Waals surface area contributed by atoms with Crippen LogP contribution in [0.3, 0.4) is 0 Å². The third kappa shape index (κ3) is 5.96. The van der Waals surface area contributed by atoms with Crippen molar-refractivity contribution in [3.8, 4) is 23.0 Å². The van der Waals surface area contributed by atoms with Gasteiger partial charge in [-0.2, -0.15) is 0 Å². The highest BCUT2D eigenvalue weighted by molar-refractivity contribution is 6.30. The van der Waals surface area contributed by atoms with E-state index in [1.807, 2.05) is 12.1 Å². The number of likely N-dealkylation sites (N-methyl/N-ethyl adjacent to an activating group) is 1. The summed E-state index contributed by atoms with van der Waals surface area (Å²) in [6.07, 6.45) is 0.951. The van der Waals surface area contributed by atoms with Crippen LogP contribution in [0.15, 0.2) is 36.4 Å². The Morgan fingerprint density at radius 1 is 1.04 bits per heavy atom. The fourth-order valence-corrected chi connectivity index (χ4v) is 2.90. The van der Waals surface area contributed by atoms with Crippen molar-refractivity contribution in [1.29, 1.82) is 0 Å². The number of nitrogens with zero attached hydrogens (tertiary/aromatic N) is 1. The predicted molar refractivity (Wildman–Crippen MR) is 109 cm³/mol. The maximum Gasteiger partial charge on any atom is 0.226 e. The van der Waals surface area contributed by atoms with E-state index in [1.165, 1.54) is 0 Å². The van der Waals surface area contributed by atoms with Crippen LogP contribution in [0.2, 0.25) is 5.02 Å². The van der Waals surface area contributed by atoms with Crippen LogP contribution >= 0.6 is 11.6 Å². The first kappa shape index (κ1) is 21.7. The summed E-state index contributed by atoms with van der Waals surface area (Å²) in [5.41, 5.74) is 0.793. The Hall–Kier alpha value is -2.60. The molecule has 7 heteroatoms.